The standard InChI is InChI=1S/C22H17FN2O3/c1-2-17(26)15-11-25-10-8-13-12-5-3-6-14(16-7-4-9-24-16)21(12)28-22(13)19(25)18(23)20(15)27/h2-6,9,11,16,24H,1,7-8,10H2. The number of benzene rings is 1. The topological polar surface area (TPSA) is 64.2 Å². The normalized spacial score (nSPS) is 17.2. The van der Waals surface area contributed by atoms with Gasteiger partial charge < -0.3 is 14.3 Å². The fourth-order valence-electron chi connectivity index (χ4n) is 4.13. The van der Waals surface area contributed by atoms with Crippen LogP contribution in [0.2, 0.25) is 0 Å². The Morgan fingerprint density at radius 1 is 1.39 bits per heavy atom. The maximum absolute atomic E-state index is 15.0. The lowest BCUT2D eigenvalue weighted by Crippen LogP contribution is -2.25. The van der Waals surface area contributed by atoms with Crippen LogP contribution in [-0.4, -0.2) is 10.4 Å². The van der Waals surface area contributed by atoms with Gasteiger partial charge in [-0.25, -0.2) is 4.39 Å². The van der Waals surface area contributed by atoms with Crippen LogP contribution in [0, 0.1) is 5.82 Å². The highest BCUT2D eigenvalue weighted by molar-refractivity contribution is 6.04. The van der Waals surface area contributed by atoms with Crippen molar-refractivity contribution >= 4 is 16.8 Å². The molecule has 1 unspecified atom stereocenters. The minimum Gasteiger partial charge on any atom is -0.454 e. The first-order chi connectivity index (χ1) is 13.6. The Balaban J connectivity index is 1.76. The molecule has 4 heterocycles. The van der Waals surface area contributed by atoms with E-state index in [-0.39, 0.29) is 17.3 Å². The molecule has 2 aromatic heterocycles. The molecule has 0 saturated heterocycles. The highest BCUT2D eigenvalue weighted by Crippen LogP contribution is 2.41. The average molecular weight is 376 g/mol. The summed E-state index contributed by atoms with van der Waals surface area (Å²) in [6.07, 6.45) is 7.87. The number of para-hydroxylation sites is 1. The zero-order chi connectivity index (χ0) is 19.4. The van der Waals surface area contributed by atoms with Gasteiger partial charge in [-0.15, -0.1) is 0 Å². The number of hydrogen-bond acceptors (Lipinski definition) is 4. The first kappa shape index (κ1) is 16.7. The minimum atomic E-state index is -0.963. The van der Waals surface area contributed by atoms with Gasteiger partial charge in [0.2, 0.25) is 5.43 Å². The number of rotatable bonds is 3. The monoisotopic (exact) mass is 376 g/mol. The van der Waals surface area contributed by atoms with Crippen molar-refractivity contribution in [1.82, 2.24) is 9.88 Å². The van der Waals surface area contributed by atoms with Crippen molar-refractivity contribution in [1.29, 1.82) is 0 Å². The molecule has 140 valence electrons. The third-order valence-electron chi connectivity index (χ3n) is 5.50. The van der Waals surface area contributed by atoms with Crippen molar-refractivity contribution in [2.75, 3.05) is 0 Å². The molecule has 3 aromatic rings. The fourth-order valence-corrected chi connectivity index (χ4v) is 4.13. The molecular formula is C22H17FN2O3. The fraction of sp³-hybridized carbons (Fsp3) is 0.182. The van der Waals surface area contributed by atoms with Crippen LogP contribution in [-0.2, 0) is 13.0 Å². The highest BCUT2D eigenvalue weighted by atomic mass is 19.1. The van der Waals surface area contributed by atoms with E-state index in [0.29, 0.717) is 24.3 Å². The van der Waals surface area contributed by atoms with Crippen LogP contribution in [0.4, 0.5) is 4.39 Å². The molecule has 2 aliphatic rings. The van der Waals surface area contributed by atoms with Crippen molar-refractivity contribution in [3.05, 3.63) is 82.1 Å². The van der Waals surface area contributed by atoms with E-state index in [4.69, 9.17) is 4.42 Å². The van der Waals surface area contributed by atoms with E-state index >= 15 is 4.39 Å². The number of fused-ring (bicyclic) bond motifs is 5. The van der Waals surface area contributed by atoms with E-state index in [1.807, 2.05) is 24.4 Å². The predicted octanol–water partition coefficient (Wildman–Crippen LogP) is 3.87. The number of halogens is 1. The summed E-state index contributed by atoms with van der Waals surface area (Å²) in [6.45, 7) is 3.84. The number of aryl methyl sites for hydroxylation is 2. The largest absolute Gasteiger partial charge is 0.454 e. The third kappa shape index (κ3) is 2.24. The smallest absolute Gasteiger partial charge is 0.229 e. The summed E-state index contributed by atoms with van der Waals surface area (Å²) in [5.41, 5.74) is 1.57. The van der Waals surface area contributed by atoms with E-state index in [0.717, 1.165) is 29.0 Å². The summed E-state index contributed by atoms with van der Waals surface area (Å²) in [4.78, 5) is 24.3. The highest BCUT2D eigenvalue weighted by Gasteiger charge is 2.30. The van der Waals surface area contributed by atoms with Gasteiger partial charge >= 0.3 is 0 Å². The van der Waals surface area contributed by atoms with Crippen molar-refractivity contribution in [3.8, 4) is 11.5 Å². The Kier molecular flexibility index (Phi) is 3.62. The number of carbonyl (C=O) groups excluding carboxylic acids is 1. The Morgan fingerprint density at radius 2 is 2.25 bits per heavy atom. The van der Waals surface area contributed by atoms with E-state index in [1.54, 1.807) is 4.57 Å². The molecular weight excluding hydrogens is 359 g/mol. The Bertz CT molecular complexity index is 1240. The Labute approximate surface area is 159 Å². The van der Waals surface area contributed by atoms with Gasteiger partial charge in [-0.2, -0.15) is 0 Å². The maximum Gasteiger partial charge on any atom is 0.229 e. The zero-order valence-electron chi connectivity index (χ0n) is 15.0. The van der Waals surface area contributed by atoms with E-state index < -0.39 is 17.0 Å². The molecule has 5 nitrogen and oxygen atoms in total. The van der Waals surface area contributed by atoms with Crippen molar-refractivity contribution < 1.29 is 13.6 Å². The quantitative estimate of drug-likeness (QED) is 0.557. The lowest BCUT2D eigenvalue weighted by molar-refractivity contribution is 0.104. The summed E-state index contributed by atoms with van der Waals surface area (Å²) in [7, 11) is 0. The second kappa shape index (κ2) is 6.05. The number of pyridine rings is 1. The number of aromatic nitrogens is 1. The maximum atomic E-state index is 15.0. The number of ketones is 1. The van der Waals surface area contributed by atoms with Gasteiger partial charge in [0.25, 0.3) is 0 Å². The molecule has 0 fully saturated rings. The minimum absolute atomic E-state index is 0.103. The molecule has 1 atom stereocenters. The van der Waals surface area contributed by atoms with Crippen LogP contribution >= 0.6 is 0 Å². The summed E-state index contributed by atoms with van der Waals surface area (Å²) >= 11 is 0. The molecule has 1 N–H and O–H groups in total. The SMILES string of the molecule is C=CC(=O)c1cn2c(c(F)c1=O)-c1oc3c(C4CC=CN4)cccc3c1CC2. The zero-order valence-corrected chi connectivity index (χ0v) is 15.0. The summed E-state index contributed by atoms with van der Waals surface area (Å²) in [5.74, 6) is -1.18. The first-order valence-electron chi connectivity index (χ1n) is 9.15. The average Bonchev–Trinajstić information content (AvgIpc) is 3.37. The van der Waals surface area contributed by atoms with E-state index in [2.05, 4.69) is 18.0 Å². The van der Waals surface area contributed by atoms with Crippen LogP contribution in [0.3, 0.4) is 0 Å². The Morgan fingerprint density at radius 3 is 3.00 bits per heavy atom. The van der Waals surface area contributed by atoms with Crippen LogP contribution in [0.1, 0.15) is 33.9 Å². The summed E-state index contributed by atoms with van der Waals surface area (Å²) in [5, 5.41) is 4.23. The van der Waals surface area contributed by atoms with Crippen molar-refractivity contribution in [2.45, 2.75) is 25.4 Å². The van der Waals surface area contributed by atoms with Gasteiger partial charge in [-0.3, -0.25) is 9.59 Å². The third-order valence-corrected chi connectivity index (χ3v) is 5.50. The predicted molar refractivity (Wildman–Crippen MR) is 104 cm³/mol. The van der Waals surface area contributed by atoms with Gasteiger partial charge in [0.05, 0.1) is 11.6 Å². The number of nitrogens with one attached hydrogen (secondary N) is 1. The molecule has 0 radical (unpaired) electrons. The molecule has 28 heavy (non-hydrogen) atoms. The first-order valence-corrected chi connectivity index (χ1v) is 9.15. The molecule has 0 saturated carbocycles. The summed E-state index contributed by atoms with van der Waals surface area (Å²) < 4.78 is 22.8. The number of hydrogen-bond donors (Lipinski definition) is 1. The molecule has 0 bridgehead atoms. The lowest BCUT2D eigenvalue weighted by atomic mass is 9.97. The molecule has 6 heteroatoms. The molecule has 0 amide bonds. The number of allylic oxidation sites excluding steroid dienone is 1. The lowest BCUT2D eigenvalue weighted by Gasteiger charge is -2.19. The van der Waals surface area contributed by atoms with Crippen molar-refractivity contribution in [2.24, 2.45) is 0 Å². The van der Waals surface area contributed by atoms with Gasteiger partial charge in [0.15, 0.2) is 17.4 Å². The molecule has 1 aromatic carbocycles. The van der Waals surface area contributed by atoms with Crippen LogP contribution < -0.4 is 10.7 Å². The van der Waals surface area contributed by atoms with Crippen LogP contribution in [0.25, 0.3) is 22.4 Å². The summed E-state index contributed by atoms with van der Waals surface area (Å²) in [6, 6.07) is 6.04. The van der Waals surface area contributed by atoms with Crippen LogP contribution in [0.15, 0.2) is 58.5 Å². The van der Waals surface area contributed by atoms with Gasteiger partial charge in [-0.05, 0) is 25.1 Å². The molecule has 0 aliphatic carbocycles. The number of furan rings is 1. The number of nitrogens with zero attached hydrogens (tertiary/aromatic N) is 1. The van der Waals surface area contributed by atoms with E-state index in [1.165, 1.54) is 6.20 Å². The molecule has 2 aliphatic heterocycles. The Hall–Kier alpha value is -3.41. The number of carbonyl (C=O) groups is 1. The van der Waals surface area contributed by atoms with Gasteiger partial charge in [-0.1, -0.05) is 30.9 Å². The van der Waals surface area contributed by atoms with Crippen molar-refractivity contribution in [3.63, 3.8) is 0 Å². The van der Waals surface area contributed by atoms with Crippen LogP contribution in [0.5, 0.6) is 0 Å². The molecule has 5 rings (SSSR count). The van der Waals surface area contributed by atoms with Gasteiger partial charge in [0, 0.05) is 29.3 Å². The van der Waals surface area contributed by atoms with Gasteiger partial charge in [0.1, 0.15) is 11.3 Å². The van der Waals surface area contributed by atoms with E-state index in [9.17, 15) is 9.59 Å². The second-order valence-corrected chi connectivity index (χ2v) is 7.04. The molecule has 0 spiro atoms. The second-order valence-electron chi connectivity index (χ2n) is 7.04.